The molecule has 0 saturated carbocycles. The van der Waals surface area contributed by atoms with Gasteiger partial charge in [0.1, 0.15) is 0 Å². The van der Waals surface area contributed by atoms with Crippen molar-refractivity contribution < 1.29 is 18.9 Å². The van der Waals surface area contributed by atoms with Crippen LogP contribution in [0, 0.1) is 0 Å². The number of rotatable bonds is 6. The highest BCUT2D eigenvalue weighted by Gasteiger charge is 2.26. The number of hydrogen-bond acceptors (Lipinski definition) is 11. The Bertz CT molecular complexity index is 1150. The second kappa shape index (κ2) is 8.63. The second-order valence-corrected chi connectivity index (χ2v) is 7.42. The van der Waals surface area contributed by atoms with E-state index in [1.807, 2.05) is 6.07 Å². The van der Waals surface area contributed by atoms with E-state index in [0.717, 1.165) is 31.5 Å². The molecule has 0 unspecified atom stereocenters. The number of benzene rings is 1. The number of aromatic nitrogens is 5. The lowest BCUT2D eigenvalue weighted by Gasteiger charge is -2.26. The molecular formula is C19H21N9O4. The van der Waals surface area contributed by atoms with Crippen LogP contribution in [0.5, 0.6) is 11.5 Å². The Kier molecular flexibility index (Phi) is 5.37. The molecule has 4 heterocycles. The molecular weight excluding hydrogens is 418 g/mol. The maximum atomic E-state index is 12.9. The molecule has 0 radical (unpaired) electrons. The summed E-state index contributed by atoms with van der Waals surface area (Å²) in [6.07, 6.45) is 4.89. The summed E-state index contributed by atoms with van der Waals surface area (Å²) in [5.41, 5.74) is 9.73. The maximum absolute atomic E-state index is 12.9. The van der Waals surface area contributed by atoms with Gasteiger partial charge in [-0.25, -0.2) is 10.1 Å². The van der Waals surface area contributed by atoms with Crippen molar-refractivity contribution in [2.45, 2.75) is 25.8 Å². The Morgan fingerprint density at radius 3 is 2.84 bits per heavy atom. The Labute approximate surface area is 182 Å². The van der Waals surface area contributed by atoms with E-state index in [-0.39, 0.29) is 24.1 Å². The van der Waals surface area contributed by atoms with Gasteiger partial charge >= 0.3 is 0 Å². The summed E-state index contributed by atoms with van der Waals surface area (Å²) >= 11 is 0. The molecule has 2 aliphatic rings. The van der Waals surface area contributed by atoms with E-state index in [9.17, 15) is 4.79 Å². The highest BCUT2D eigenvalue weighted by Crippen LogP contribution is 2.32. The zero-order chi connectivity index (χ0) is 21.9. The lowest BCUT2D eigenvalue weighted by molar-refractivity contribution is 0.0947. The molecule has 1 fully saturated rings. The number of nitrogen functional groups attached to an aromatic ring is 1. The summed E-state index contributed by atoms with van der Waals surface area (Å²) in [5.74, 6) is 1.04. The van der Waals surface area contributed by atoms with E-state index in [1.54, 1.807) is 12.1 Å². The van der Waals surface area contributed by atoms with Gasteiger partial charge in [0.05, 0.1) is 11.9 Å². The molecule has 13 heteroatoms. The number of amides is 1. The number of ether oxygens (including phenoxy) is 2. The summed E-state index contributed by atoms with van der Waals surface area (Å²) in [7, 11) is 0. The van der Waals surface area contributed by atoms with Crippen molar-refractivity contribution in [1.29, 1.82) is 0 Å². The van der Waals surface area contributed by atoms with Crippen LogP contribution < -0.4 is 20.6 Å². The summed E-state index contributed by atoms with van der Waals surface area (Å²) in [5, 5.41) is 19.5. The van der Waals surface area contributed by atoms with Crippen LogP contribution in [0.25, 0.3) is 5.82 Å². The topological polar surface area (TPSA) is 159 Å². The molecule has 1 aromatic carbocycles. The Morgan fingerprint density at radius 2 is 2.03 bits per heavy atom. The number of anilines is 1. The summed E-state index contributed by atoms with van der Waals surface area (Å²) in [6, 6.07) is 5.36. The standard InChI is InChI=1S/C19H21N9O4/c20-17-18(25-32-24-17)28-13(10-27-6-2-1-3-7-27)16(22-26-28)19(29)23-21-9-12-4-5-14-15(8-12)31-11-30-14/h4-5,8-9H,1-3,6-7,10-11H2,(H2,20,24)(H,23,29)/b21-9+. The van der Waals surface area contributed by atoms with Crippen LogP contribution in [0.15, 0.2) is 27.9 Å². The van der Waals surface area contributed by atoms with Crippen molar-refractivity contribution in [3.63, 3.8) is 0 Å². The number of nitrogens with zero attached hydrogens (tertiary/aromatic N) is 7. The number of likely N-dealkylation sites (tertiary alicyclic amines) is 1. The number of carbonyl (C=O) groups excluding carboxylic acids is 1. The predicted molar refractivity (Wildman–Crippen MR) is 110 cm³/mol. The third-order valence-corrected chi connectivity index (χ3v) is 5.27. The summed E-state index contributed by atoms with van der Waals surface area (Å²) < 4.78 is 16.7. The van der Waals surface area contributed by atoms with E-state index >= 15 is 0 Å². The number of carbonyl (C=O) groups is 1. The quantitative estimate of drug-likeness (QED) is 0.414. The van der Waals surface area contributed by atoms with Crippen LogP contribution in [0.1, 0.15) is 41.0 Å². The third kappa shape index (κ3) is 3.97. The van der Waals surface area contributed by atoms with Gasteiger partial charge in [0.25, 0.3) is 5.91 Å². The Morgan fingerprint density at radius 1 is 1.19 bits per heavy atom. The highest BCUT2D eigenvalue weighted by atomic mass is 16.7. The minimum absolute atomic E-state index is 0.0579. The first-order valence-corrected chi connectivity index (χ1v) is 10.2. The molecule has 2 aliphatic heterocycles. The molecule has 32 heavy (non-hydrogen) atoms. The average Bonchev–Trinajstić information content (AvgIpc) is 3.54. The van der Waals surface area contributed by atoms with Gasteiger partial charge in [0.15, 0.2) is 17.2 Å². The Balaban J connectivity index is 1.36. The molecule has 3 aromatic rings. The van der Waals surface area contributed by atoms with Crippen LogP contribution in [-0.4, -0.2) is 62.2 Å². The van der Waals surface area contributed by atoms with Crippen molar-refractivity contribution in [2.24, 2.45) is 5.10 Å². The number of piperidine rings is 1. The van der Waals surface area contributed by atoms with Crippen molar-refractivity contribution in [3.8, 4) is 17.3 Å². The molecule has 0 spiro atoms. The maximum Gasteiger partial charge on any atom is 0.293 e. The smallest absolute Gasteiger partial charge is 0.293 e. The average molecular weight is 439 g/mol. The van der Waals surface area contributed by atoms with Crippen LogP contribution >= 0.6 is 0 Å². The van der Waals surface area contributed by atoms with Crippen LogP contribution in [0.4, 0.5) is 5.82 Å². The highest BCUT2D eigenvalue weighted by molar-refractivity contribution is 5.94. The van der Waals surface area contributed by atoms with Crippen molar-refractivity contribution >= 4 is 17.9 Å². The largest absolute Gasteiger partial charge is 0.454 e. The van der Waals surface area contributed by atoms with Crippen LogP contribution in [0.3, 0.4) is 0 Å². The molecule has 0 aliphatic carbocycles. The molecule has 0 bridgehead atoms. The number of nitrogens with two attached hydrogens (primary N) is 1. The fraction of sp³-hybridized carbons (Fsp3) is 0.368. The minimum atomic E-state index is -0.504. The monoisotopic (exact) mass is 439 g/mol. The molecule has 166 valence electrons. The fourth-order valence-corrected chi connectivity index (χ4v) is 3.67. The van der Waals surface area contributed by atoms with E-state index in [2.05, 4.69) is 40.7 Å². The first kappa shape index (κ1) is 19.9. The molecule has 3 N–H and O–H groups in total. The van der Waals surface area contributed by atoms with Crippen LogP contribution in [-0.2, 0) is 6.54 Å². The molecule has 1 saturated heterocycles. The first-order valence-electron chi connectivity index (χ1n) is 10.2. The number of hydrogen-bond donors (Lipinski definition) is 2. The summed E-state index contributed by atoms with van der Waals surface area (Å²) in [4.78, 5) is 15.1. The van der Waals surface area contributed by atoms with Gasteiger partial charge < -0.3 is 15.2 Å². The predicted octanol–water partition coefficient (Wildman–Crippen LogP) is 0.711. The third-order valence-electron chi connectivity index (χ3n) is 5.27. The van der Waals surface area contributed by atoms with Gasteiger partial charge in [-0.15, -0.1) is 5.10 Å². The van der Waals surface area contributed by atoms with Gasteiger partial charge in [-0.3, -0.25) is 9.69 Å². The zero-order valence-electron chi connectivity index (χ0n) is 17.1. The minimum Gasteiger partial charge on any atom is -0.454 e. The second-order valence-electron chi connectivity index (χ2n) is 7.42. The molecule has 5 rings (SSSR count). The molecule has 2 aromatic heterocycles. The lowest BCUT2D eigenvalue weighted by Crippen LogP contribution is -2.31. The molecule has 1 amide bonds. The number of hydrazone groups is 1. The van der Waals surface area contributed by atoms with Gasteiger partial charge in [-0.1, -0.05) is 11.6 Å². The van der Waals surface area contributed by atoms with E-state index in [0.29, 0.717) is 23.7 Å². The van der Waals surface area contributed by atoms with Gasteiger partial charge in [0, 0.05) is 6.54 Å². The van der Waals surface area contributed by atoms with Gasteiger partial charge in [0.2, 0.25) is 18.4 Å². The number of fused-ring (bicyclic) bond motifs is 1. The van der Waals surface area contributed by atoms with Crippen molar-refractivity contribution in [3.05, 3.63) is 35.2 Å². The molecule has 0 atom stereocenters. The SMILES string of the molecule is Nc1nonc1-n1nnc(C(=O)N/N=C/c2ccc3c(c2)OCO3)c1CN1CCCCC1. The summed E-state index contributed by atoms with van der Waals surface area (Å²) in [6.45, 7) is 2.48. The fourth-order valence-electron chi connectivity index (χ4n) is 3.67. The van der Waals surface area contributed by atoms with Gasteiger partial charge in [-0.2, -0.15) is 9.78 Å². The van der Waals surface area contributed by atoms with Crippen molar-refractivity contribution in [1.82, 2.24) is 35.6 Å². The number of nitrogens with one attached hydrogen (secondary N) is 1. The van der Waals surface area contributed by atoms with E-state index in [1.165, 1.54) is 17.3 Å². The lowest BCUT2D eigenvalue weighted by atomic mass is 10.1. The van der Waals surface area contributed by atoms with Crippen LogP contribution in [0.2, 0.25) is 0 Å². The first-order chi connectivity index (χ1) is 15.7. The molecule has 13 nitrogen and oxygen atoms in total. The van der Waals surface area contributed by atoms with Crippen molar-refractivity contribution in [2.75, 3.05) is 25.6 Å². The van der Waals surface area contributed by atoms with E-state index in [4.69, 9.17) is 15.2 Å². The van der Waals surface area contributed by atoms with E-state index < -0.39 is 5.91 Å². The normalized spacial score (nSPS) is 16.0. The zero-order valence-corrected chi connectivity index (χ0v) is 17.1. The van der Waals surface area contributed by atoms with Gasteiger partial charge in [-0.05, 0) is 60.0 Å². The Hall–Kier alpha value is -4.00.